The van der Waals surface area contributed by atoms with Gasteiger partial charge >= 0.3 is 5.97 Å². The Kier molecular flexibility index (Phi) is 7.18. The van der Waals surface area contributed by atoms with Crippen molar-refractivity contribution in [2.45, 2.75) is 38.0 Å². The normalized spacial score (nSPS) is 11.1. The lowest BCUT2D eigenvalue weighted by Gasteiger charge is -2.10. The van der Waals surface area contributed by atoms with Crippen LogP contribution in [0.3, 0.4) is 0 Å². The molecule has 0 aliphatic rings. The molecule has 0 spiro atoms. The van der Waals surface area contributed by atoms with Crippen molar-refractivity contribution in [2.24, 2.45) is 0 Å². The summed E-state index contributed by atoms with van der Waals surface area (Å²) in [5.74, 6) is -0.948. The van der Waals surface area contributed by atoms with Crippen molar-refractivity contribution in [3.05, 3.63) is 23.8 Å². The zero-order valence-electron chi connectivity index (χ0n) is 13.5. The van der Waals surface area contributed by atoms with E-state index in [9.17, 15) is 18.0 Å². The van der Waals surface area contributed by atoms with Gasteiger partial charge in [0.25, 0.3) is 5.91 Å². The number of amides is 1. The molecule has 0 aromatic heterocycles. The number of esters is 1. The molecular formula is C15H22N2O5S. The zero-order valence-corrected chi connectivity index (χ0v) is 14.3. The van der Waals surface area contributed by atoms with Crippen LogP contribution in [-0.4, -0.2) is 33.9 Å². The first-order chi connectivity index (χ1) is 10.8. The smallest absolute Gasteiger partial charge is 0.306 e. The molecule has 1 rings (SSSR count). The fourth-order valence-electron chi connectivity index (χ4n) is 1.81. The van der Waals surface area contributed by atoms with Gasteiger partial charge in [-0.15, -0.1) is 0 Å². The summed E-state index contributed by atoms with van der Waals surface area (Å²) < 4.78 is 30.8. The average Bonchev–Trinajstić information content (AvgIpc) is 2.52. The largest absolute Gasteiger partial charge is 0.456 e. The average molecular weight is 342 g/mol. The minimum absolute atomic E-state index is 0.0812. The number of carbonyl (C=O) groups is 2. The van der Waals surface area contributed by atoms with Crippen LogP contribution < -0.4 is 10.0 Å². The number of carbonyl (C=O) groups excluding carboxylic acids is 2. The standard InChI is InChI=1S/C15H22N2O5S/c1-4-5-6-15(19)22-10-14(18)17-12-8-7-11(2)13(9-12)23(20,21)16-3/h7-9,16H,4-6,10H2,1-3H3,(H,17,18). The topological polar surface area (TPSA) is 102 Å². The highest BCUT2D eigenvalue weighted by Gasteiger charge is 2.16. The van der Waals surface area contributed by atoms with Crippen LogP contribution in [0.15, 0.2) is 23.1 Å². The van der Waals surface area contributed by atoms with Crippen LogP contribution in [-0.2, 0) is 24.3 Å². The maximum atomic E-state index is 11.9. The van der Waals surface area contributed by atoms with Gasteiger partial charge in [-0.3, -0.25) is 9.59 Å². The zero-order chi connectivity index (χ0) is 17.5. The number of rotatable bonds is 8. The van der Waals surface area contributed by atoms with Crippen molar-refractivity contribution < 1.29 is 22.7 Å². The van der Waals surface area contributed by atoms with E-state index in [1.54, 1.807) is 19.1 Å². The van der Waals surface area contributed by atoms with Gasteiger partial charge in [0.2, 0.25) is 10.0 Å². The first-order valence-electron chi connectivity index (χ1n) is 7.29. The molecule has 0 heterocycles. The molecule has 0 radical (unpaired) electrons. The number of benzene rings is 1. The lowest BCUT2D eigenvalue weighted by molar-refractivity contribution is -0.147. The van der Waals surface area contributed by atoms with Crippen molar-refractivity contribution in [3.8, 4) is 0 Å². The Balaban J connectivity index is 2.69. The van der Waals surface area contributed by atoms with E-state index >= 15 is 0 Å². The summed E-state index contributed by atoms with van der Waals surface area (Å²) in [6, 6.07) is 4.53. The molecule has 0 fully saturated rings. The van der Waals surface area contributed by atoms with Crippen LogP contribution in [0.4, 0.5) is 5.69 Å². The molecule has 2 N–H and O–H groups in total. The second-order valence-corrected chi connectivity index (χ2v) is 6.86. The van der Waals surface area contributed by atoms with Crippen molar-refractivity contribution in [3.63, 3.8) is 0 Å². The third-order valence-electron chi connectivity index (χ3n) is 3.13. The molecule has 23 heavy (non-hydrogen) atoms. The van der Waals surface area contributed by atoms with Crippen LogP contribution in [0.1, 0.15) is 31.7 Å². The van der Waals surface area contributed by atoms with Crippen LogP contribution >= 0.6 is 0 Å². The van der Waals surface area contributed by atoms with Crippen LogP contribution in [0.2, 0.25) is 0 Å². The molecule has 1 amide bonds. The van der Waals surface area contributed by atoms with Gasteiger partial charge in [-0.2, -0.15) is 0 Å². The third kappa shape index (κ3) is 5.99. The molecule has 7 nitrogen and oxygen atoms in total. The molecule has 0 atom stereocenters. The minimum Gasteiger partial charge on any atom is -0.456 e. The number of anilines is 1. The minimum atomic E-state index is -3.61. The summed E-state index contributed by atoms with van der Waals surface area (Å²) in [5, 5.41) is 2.51. The molecule has 1 aromatic rings. The number of unbranched alkanes of at least 4 members (excludes halogenated alkanes) is 1. The van der Waals surface area contributed by atoms with Gasteiger partial charge in [-0.05, 0) is 38.1 Å². The lowest BCUT2D eigenvalue weighted by atomic mass is 10.2. The highest BCUT2D eigenvalue weighted by Crippen LogP contribution is 2.19. The quantitative estimate of drug-likeness (QED) is 0.698. The maximum absolute atomic E-state index is 11.9. The molecular weight excluding hydrogens is 320 g/mol. The van der Waals surface area contributed by atoms with Gasteiger partial charge < -0.3 is 10.1 Å². The van der Waals surface area contributed by atoms with Gasteiger partial charge in [0, 0.05) is 12.1 Å². The predicted octanol–water partition coefficient (Wildman–Crippen LogP) is 1.58. The van der Waals surface area contributed by atoms with E-state index in [-0.39, 0.29) is 11.3 Å². The highest BCUT2D eigenvalue weighted by molar-refractivity contribution is 7.89. The van der Waals surface area contributed by atoms with E-state index in [1.165, 1.54) is 13.1 Å². The SMILES string of the molecule is CCCCC(=O)OCC(=O)Nc1ccc(C)c(S(=O)(=O)NC)c1. The van der Waals surface area contributed by atoms with Gasteiger partial charge in [-0.1, -0.05) is 19.4 Å². The van der Waals surface area contributed by atoms with Crippen LogP contribution in [0.5, 0.6) is 0 Å². The van der Waals surface area contributed by atoms with Crippen LogP contribution in [0, 0.1) is 6.92 Å². The summed E-state index contributed by atoms with van der Waals surface area (Å²) in [5.41, 5.74) is 0.877. The summed E-state index contributed by atoms with van der Waals surface area (Å²) in [6.07, 6.45) is 1.86. The summed E-state index contributed by atoms with van der Waals surface area (Å²) in [7, 11) is -2.29. The first-order valence-corrected chi connectivity index (χ1v) is 8.78. The van der Waals surface area contributed by atoms with E-state index in [0.717, 1.165) is 6.42 Å². The Morgan fingerprint density at radius 3 is 2.57 bits per heavy atom. The molecule has 0 bridgehead atoms. The molecule has 0 unspecified atom stereocenters. The molecule has 1 aromatic carbocycles. The Morgan fingerprint density at radius 1 is 1.26 bits per heavy atom. The summed E-state index contributed by atoms with van der Waals surface area (Å²) in [6.45, 7) is 3.21. The van der Waals surface area contributed by atoms with Gasteiger partial charge in [0.05, 0.1) is 4.90 Å². The molecule has 0 aliphatic carbocycles. The van der Waals surface area contributed by atoms with Gasteiger partial charge in [0.1, 0.15) is 0 Å². The van der Waals surface area contributed by atoms with Gasteiger partial charge in [-0.25, -0.2) is 13.1 Å². The second-order valence-electron chi connectivity index (χ2n) is 5.00. The van der Waals surface area contributed by atoms with E-state index < -0.39 is 28.5 Å². The summed E-state index contributed by atoms with van der Waals surface area (Å²) >= 11 is 0. The number of ether oxygens (including phenoxy) is 1. The molecule has 0 saturated heterocycles. The number of aryl methyl sites for hydroxylation is 1. The number of sulfonamides is 1. The Labute approximate surface area is 136 Å². The van der Waals surface area contributed by atoms with E-state index in [4.69, 9.17) is 4.74 Å². The Hall–Kier alpha value is -1.93. The van der Waals surface area contributed by atoms with E-state index in [1.807, 2.05) is 6.92 Å². The van der Waals surface area contributed by atoms with Gasteiger partial charge in [0.15, 0.2) is 6.61 Å². The Bertz CT molecular complexity index is 670. The first kappa shape index (κ1) is 19.1. The predicted molar refractivity (Wildman–Crippen MR) is 86.5 cm³/mol. The van der Waals surface area contributed by atoms with Crippen molar-refractivity contribution in [1.29, 1.82) is 0 Å². The summed E-state index contributed by atoms with van der Waals surface area (Å²) in [4.78, 5) is 23.2. The van der Waals surface area contributed by atoms with Crippen molar-refractivity contribution >= 4 is 27.6 Å². The molecule has 0 saturated carbocycles. The molecule has 8 heteroatoms. The monoisotopic (exact) mass is 342 g/mol. The number of hydrogen-bond donors (Lipinski definition) is 2. The molecule has 128 valence electrons. The van der Waals surface area contributed by atoms with Crippen molar-refractivity contribution in [2.75, 3.05) is 19.0 Å². The van der Waals surface area contributed by atoms with E-state index in [0.29, 0.717) is 17.7 Å². The van der Waals surface area contributed by atoms with Crippen LogP contribution in [0.25, 0.3) is 0 Å². The molecule has 0 aliphatic heterocycles. The van der Waals surface area contributed by atoms with Crippen molar-refractivity contribution in [1.82, 2.24) is 4.72 Å². The van der Waals surface area contributed by atoms with E-state index in [2.05, 4.69) is 10.0 Å². The highest BCUT2D eigenvalue weighted by atomic mass is 32.2. The fourth-order valence-corrected chi connectivity index (χ4v) is 2.81. The lowest BCUT2D eigenvalue weighted by Crippen LogP contribution is -2.22. The second kappa shape index (κ2) is 8.64. The Morgan fingerprint density at radius 2 is 1.96 bits per heavy atom. The third-order valence-corrected chi connectivity index (χ3v) is 4.69. The maximum Gasteiger partial charge on any atom is 0.306 e. The fraction of sp³-hybridized carbons (Fsp3) is 0.467. The number of nitrogens with one attached hydrogen (secondary N) is 2. The number of hydrogen-bond acceptors (Lipinski definition) is 5.